The fraction of sp³-hybridized carbons (Fsp3) is 0.200. The lowest BCUT2D eigenvalue weighted by molar-refractivity contribution is 0.0940. The van der Waals surface area contributed by atoms with Gasteiger partial charge in [0.15, 0.2) is 0 Å². The molecule has 0 aliphatic heterocycles. The third-order valence-corrected chi connectivity index (χ3v) is 3.62. The van der Waals surface area contributed by atoms with Gasteiger partial charge in [-0.15, -0.1) is 0 Å². The number of nitrogens with one attached hydrogen (secondary N) is 1. The molecule has 0 saturated carbocycles. The molecule has 0 fully saturated rings. The lowest BCUT2D eigenvalue weighted by Crippen LogP contribution is -2.34. The molecule has 1 amide bonds. The predicted octanol–water partition coefficient (Wildman–Crippen LogP) is 4.40. The minimum absolute atomic E-state index is 0.0704. The number of carbonyl (C=O) groups is 1. The Kier molecular flexibility index (Phi) is 5.45. The smallest absolute Gasteiger partial charge is 0.253 e. The normalized spacial score (nSPS) is 12.0. The molecule has 0 radical (unpaired) electrons. The number of carbonyl (C=O) groups excluding carboxylic acids is 1. The van der Waals surface area contributed by atoms with Gasteiger partial charge in [-0.25, -0.2) is 4.98 Å². The van der Waals surface area contributed by atoms with Crippen LogP contribution in [0.25, 0.3) is 0 Å². The van der Waals surface area contributed by atoms with E-state index in [4.69, 9.17) is 34.8 Å². The first-order valence-corrected chi connectivity index (χ1v) is 7.45. The van der Waals surface area contributed by atoms with Crippen LogP contribution < -0.4 is 5.32 Å². The quantitative estimate of drug-likeness (QED) is 0.836. The van der Waals surface area contributed by atoms with Crippen molar-refractivity contribution >= 4 is 40.7 Å². The molecule has 2 aromatic rings. The molecule has 3 nitrogen and oxygen atoms in total. The minimum Gasteiger partial charge on any atom is -0.349 e. The number of hydrogen-bond acceptors (Lipinski definition) is 2. The third kappa shape index (κ3) is 4.60. The summed E-state index contributed by atoms with van der Waals surface area (Å²) in [5.41, 5.74) is 1.36. The number of pyridine rings is 1. The highest BCUT2D eigenvalue weighted by atomic mass is 35.5. The minimum atomic E-state index is -0.279. The van der Waals surface area contributed by atoms with E-state index in [9.17, 15) is 4.79 Å². The molecule has 0 aliphatic rings. The van der Waals surface area contributed by atoms with Crippen LogP contribution in [-0.2, 0) is 6.42 Å². The van der Waals surface area contributed by atoms with Crippen LogP contribution in [0, 0.1) is 0 Å². The van der Waals surface area contributed by atoms with Gasteiger partial charge in [-0.2, -0.15) is 0 Å². The fourth-order valence-electron chi connectivity index (χ4n) is 1.96. The van der Waals surface area contributed by atoms with Crippen LogP contribution in [0.2, 0.25) is 15.2 Å². The van der Waals surface area contributed by atoms with Crippen LogP contribution in [0.5, 0.6) is 0 Å². The van der Waals surface area contributed by atoms with Gasteiger partial charge in [0.2, 0.25) is 0 Å². The molecule has 1 aromatic heterocycles. The van der Waals surface area contributed by atoms with E-state index in [-0.39, 0.29) is 22.1 Å². The zero-order valence-electron chi connectivity index (χ0n) is 11.2. The van der Waals surface area contributed by atoms with Crippen molar-refractivity contribution in [3.63, 3.8) is 0 Å². The van der Waals surface area contributed by atoms with Crippen molar-refractivity contribution in [2.24, 2.45) is 0 Å². The molecule has 1 aromatic carbocycles. The van der Waals surface area contributed by atoms with E-state index in [1.54, 1.807) is 0 Å². The van der Waals surface area contributed by atoms with Crippen molar-refractivity contribution in [2.75, 3.05) is 0 Å². The van der Waals surface area contributed by atoms with Crippen LogP contribution in [-0.4, -0.2) is 16.9 Å². The Hall–Kier alpha value is -1.29. The van der Waals surface area contributed by atoms with E-state index in [0.717, 1.165) is 5.56 Å². The van der Waals surface area contributed by atoms with Gasteiger partial charge in [-0.05, 0) is 37.1 Å². The van der Waals surface area contributed by atoms with Crippen molar-refractivity contribution in [1.29, 1.82) is 0 Å². The number of aromatic nitrogens is 1. The molecule has 1 atom stereocenters. The van der Waals surface area contributed by atoms with Crippen molar-refractivity contribution in [2.45, 2.75) is 19.4 Å². The van der Waals surface area contributed by atoms with Crippen molar-refractivity contribution in [1.82, 2.24) is 10.3 Å². The predicted molar refractivity (Wildman–Crippen MR) is 86.3 cm³/mol. The maximum absolute atomic E-state index is 12.2. The Morgan fingerprint density at radius 2 is 2.05 bits per heavy atom. The molecule has 2 rings (SSSR count). The molecule has 0 spiro atoms. The fourth-order valence-corrected chi connectivity index (χ4v) is 2.52. The molecule has 0 bridgehead atoms. The first kappa shape index (κ1) is 16.1. The van der Waals surface area contributed by atoms with Crippen LogP contribution in [0.15, 0.2) is 36.5 Å². The summed E-state index contributed by atoms with van der Waals surface area (Å²) in [4.78, 5) is 16.0. The number of halogens is 3. The van der Waals surface area contributed by atoms with Gasteiger partial charge in [-0.1, -0.05) is 46.9 Å². The van der Waals surface area contributed by atoms with Gasteiger partial charge < -0.3 is 5.32 Å². The number of benzene rings is 1. The summed E-state index contributed by atoms with van der Waals surface area (Å²) in [6, 6.07) is 8.91. The van der Waals surface area contributed by atoms with E-state index < -0.39 is 0 Å². The highest BCUT2D eigenvalue weighted by Gasteiger charge is 2.14. The summed E-state index contributed by atoms with van der Waals surface area (Å²) in [6.45, 7) is 1.91. The van der Waals surface area contributed by atoms with E-state index in [1.165, 1.54) is 12.3 Å². The molecular weight excluding hydrogens is 331 g/mol. The first-order chi connectivity index (χ1) is 9.95. The van der Waals surface area contributed by atoms with Crippen LogP contribution in [0.3, 0.4) is 0 Å². The highest BCUT2D eigenvalue weighted by molar-refractivity contribution is 6.35. The third-order valence-electron chi connectivity index (χ3n) is 2.88. The largest absolute Gasteiger partial charge is 0.349 e. The number of hydrogen-bond donors (Lipinski definition) is 1. The van der Waals surface area contributed by atoms with Gasteiger partial charge in [-0.3, -0.25) is 4.79 Å². The standard InChI is InChI=1S/C15H13Cl3N2O/c1-9(5-10-3-2-4-11(16)6-10)20-15(21)12-7-14(18)19-8-13(12)17/h2-4,6-9H,5H2,1H3,(H,20,21). The van der Waals surface area contributed by atoms with Gasteiger partial charge in [0.1, 0.15) is 5.15 Å². The molecule has 21 heavy (non-hydrogen) atoms. The Balaban J connectivity index is 2.03. The Bertz CT molecular complexity index is 661. The van der Waals surface area contributed by atoms with Gasteiger partial charge in [0.05, 0.1) is 10.6 Å². The second kappa shape index (κ2) is 7.12. The lowest BCUT2D eigenvalue weighted by Gasteiger charge is -2.15. The highest BCUT2D eigenvalue weighted by Crippen LogP contribution is 2.18. The first-order valence-electron chi connectivity index (χ1n) is 6.32. The van der Waals surface area contributed by atoms with Crippen molar-refractivity contribution in [3.8, 4) is 0 Å². The summed E-state index contributed by atoms with van der Waals surface area (Å²) in [7, 11) is 0. The monoisotopic (exact) mass is 342 g/mol. The molecule has 1 N–H and O–H groups in total. The van der Waals surface area contributed by atoms with E-state index in [2.05, 4.69) is 10.3 Å². The van der Waals surface area contributed by atoms with Crippen molar-refractivity contribution < 1.29 is 4.79 Å². The molecule has 0 aliphatic carbocycles. The molecule has 1 unspecified atom stereocenters. The molecular formula is C15H13Cl3N2O. The van der Waals surface area contributed by atoms with E-state index in [1.807, 2.05) is 31.2 Å². The Morgan fingerprint density at radius 3 is 2.76 bits per heavy atom. The Labute approximate surface area is 138 Å². The van der Waals surface area contributed by atoms with Crippen LogP contribution in [0.1, 0.15) is 22.8 Å². The van der Waals surface area contributed by atoms with E-state index >= 15 is 0 Å². The average molecular weight is 344 g/mol. The molecule has 110 valence electrons. The van der Waals surface area contributed by atoms with Gasteiger partial charge in [0, 0.05) is 17.3 Å². The van der Waals surface area contributed by atoms with E-state index in [0.29, 0.717) is 17.0 Å². The number of rotatable bonds is 4. The molecule has 1 heterocycles. The second-order valence-electron chi connectivity index (χ2n) is 4.70. The van der Waals surface area contributed by atoms with Gasteiger partial charge >= 0.3 is 0 Å². The SMILES string of the molecule is CC(Cc1cccc(Cl)c1)NC(=O)c1cc(Cl)ncc1Cl. The van der Waals surface area contributed by atoms with Gasteiger partial charge in [0.25, 0.3) is 5.91 Å². The maximum atomic E-state index is 12.2. The summed E-state index contributed by atoms with van der Waals surface area (Å²) in [5, 5.41) is 4.05. The number of nitrogens with zero attached hydrogens (tertiary/aromatic N) is 1. The summed E-state index contributed by atoms with van der Waals surface area (Å²) >= 11 is 17.7. The maximum Gasteiger partial charge on any atom is 0.253 e. The van der Waals surface area contributed by atoms with Crippen LogP contribution in [0.4, 0.5) is 0 Å². The zero-order valence-corrected chi connectivity index (χ0v) is 13.5. The number of amides is 1. The zero-order chi connectivity index (χ0) is 15.4. The second-order valence-corrected chi connectivity index (χ2v) is 5.93. The summed E-state index contributed by atoms with van der Waals surface area (Å²) in [5.74, 6) is -0.279. The summed E-state index contributed by atoms with van der Waals surface area (Å²) in [6.07, 6.45) is 2.03. The average Bonchev–Trinajstić information content (AvgIpc) is 2.41. The Morgan fingerprint density at radius 1 is 1.29 bits per heavy atom. The van der Waals surface area contributed by atoms with Crippen molar-refractivity contribution in [3.05, 3.63) is 62.9 Å². The van der Waals surface area contributed by atoms with Crippen LogP contribution >= 0.6 is 34.8 Å². The lowest BCUT2D eigenvalue weighted by atomic mass is 10.1. The molecule has 0 saturated heterocycles. The summed E-state index contributed by atoms with van der Waals surface area (Å²) < 4.78 is 0. The topological polar surface area (TPSA) is 42.0 Å². The molecule has 6 heteroatoms.